The highest BCUT2D eigenvalue weighted by molar-refractivity contribution is 7.86. The van der Waals surface area contributed by atoms with Gasteiger partial charge in [0.2, 0.25) is 0 Å². The summed E-state index contributed by atoms with van der Waals surface area (Å²) in [5.74, 6) is 0. The first-order chi connectivity index (χ1) is 11.3. The third-order valence-corrected chi connectivity index (χ3v) is 6.08. The van der Waals surface area contributed by atoms with Gasteiger partial charge in [-0.15, -0.1) is 0 Å². The first-order valence-corrected chi connectivity index (χ1v) is 9.66. The second-order valence-electron chi connectivity index (χ2n) is 6.67. The summed E-state index contributed by atoms with van der Waals surface area (Å²) < 4.78 is 38.2. The molecule has 1 saturated carbocycles. The Labute approximate surface area is 142 Å². The summed E-state index contributed by atoms with van der Waals surface area (Å²) in [4.78, 5) is 8.36. The summed E-state index contributed by atoms with van der Waals surface area (Å²) in [6, 6.07) is 2.07. The van der Waals surface area contributed by atoms with Crippen molar-refractivity contribution in [2.75, 3.05) is 0 Å². The average molecular weight is 350 g/mol. The fourth-order valence-corrected chi connectivity index (χ4v) is 4.15. The number of rotatable bonds is 4. The van der Waals surface area contributed by atoms with Crippen molar-refractivity contribution in [2.24, 2.45) is 5.41 Å². The van der Waals surface area contributed by atoms with Crippen LogP contribution in [0.4, 0.5) is 0 Å². The molecular weight excluding hydrogens is 328 g/mol. The number of hydrogen-bond acceptors (Lipinski definition) is 5. The van der Waals surface area contributed by atoms with Crippen molar-refractivity contribution in [2.45, 2.75) is 49.9 Å². The Morgan fingerprint density at radius 1 is 1.12 bits per heavy atom. The maximum atomic E-state index is 11.3. The van der Waals surface area contributed by atoms with Gasteiger partial charge in [0.15, 0.2) is 0 Å². The monoisotopic (exact) mass is 350 g/mol. The zero-order valence-electron chi connectivity index (χ0n) is 13.6. The van der Waals surface area contributed by atoms with Gasteiger partial charge in [-0.2, -0.15) is 8.42 Å². The highest BCUT2D eigenvalue weighted by Gasteiger charge is 2.49. The van der Waals surface area contributed by atoms with Gasteiger partial charge in [0.25, 0.3) is 10.1 Å². The molecule has 0 unspecified atom stereocenters. The molecule has 0 bridgehead atoms. The fraction of sp³-hybridized carbons (Fsp3) is 0.529. The predicted octanol–water partition coefficient (Wildman–Crippen LogP) is 2.95. The van der Waals surface area contributed by atoms with E-state index in [0.717, 1.165) is 32.1 Å². The molecule has 130 valence electrons. The Morgan fingerprint density at radius 2 is 1.71 bits per heavy atom. The van der Waals surface area contributed by atoms with Gasteiger partial charge in [-0.1, -0.05) is 30.7 Å². The molecule has 1 N–H and O–H groups in total. The van der Waals surface area contributed by atoms with E-state index in [1.54, 1.807) is 18.5 Å². The van der Waals surface area contributed by atoms with Gasteiger partial charge < -0.3 is 4.74 Å². The van der Waals surface area contributed by atoms with Crippen LogP contribution in [0.3, 0.4) is 0 Å². The van der Waals surface area contributed by atoms with Crippen LogP contribution < -0.4 is 4.74 Å². The molecule has 0 aliphatic heterocycles. The molecule has 0 saturated heterocycles. The summed E-state index contributed by atoms with van der Waals surface area (Å²) in [6.45, 7) is 2.02. The van der Waals surface area contributed by atoms with Crippen LogP contribution >= 0.6 is 0 Å². The van der Waals surface area contributed by atoms with E-state index in [2.05, 4.69) is 9.97 Å². The minimum Gasteiger partial charge on any atom is -0.456 e. The predicted molar refractivity (Wildman–Crippen MR) is 90.2 cm³/mol. The fourth-order valence-electron chi connectivity index (χ4n) is 3.60. The largest absolute Gasteiger partial charge is 0.456 e. The molecule has 24 heavy (non-hydrogen) atoms. The molecule has 0 atom stereocenters. The maximum Gasteiger partial charge on any atom is 0.316 e. The van der Waals surface area contributed by atoms with Gasteiger partial charge in [0.05, 0.1) is 0 Å². The Morgan fingerprint density at radius 3 is 2.25 bits per heavy atom. The lowest BCUT2D eigenvalue weighted by Gasteiger charge is -2.48. The van der Waals surface area contributed by atoms with Crippen LogP contribution in [0, 0.1) is 5.41 Å². The topological polar surface area (TPSA) is 89.4 Å². The molecule has 0 radical (unpaired) electrons. The second-order valence-corrected chi connectivity index (χ2v) is 8.24. The van der Waals surface area contributed by atoms with Crippen LogP contribution in [0.1, 0.15) is 39.0 Å². The van der Waals surface area contributed by atoms with Gasteiger partial charge in [-0.05, 0) is 38.7 Å². The molecule has 6 nitrogen and oxygen atoms in total. The van der Waals surface area contributed by atoms with Crippen molar-refractivity contribution < 1.29 is 17.7 Å². The number of nitrogens with zero attached hydrogens (tertiary/aromatic N) is 2. The summed E-state index contributed by atoms with van der Waals surface area (Å²) in [5.41, 5.74) is -1.02. The van der Waals surface area contributed by atoms with Gasteiger partial charge in [-0.25, -0.2) is 9.97 Å². The van der Waals surface area contributed by atoms with E-state index in [9.17, 15) is 13.0 Å². The summed E-state index contributed by atoms with van der Waals surface area (Å²) in [5, 5.41) is -1.00. The average Bonchev–Trinajstić information content (AvgIpc) is 2.56. The van der Waals surface area contributed by atoms with Gasteiger partial charge in [-0.3, -0.25) is 4.55 Å². The summed E-state index contributed by atoms with van der Waals surface area (Å²) in [6.07, 6.45) is 14.9. The highest BCUT2D eigenvalue weighted by Crippen LogP contribution is 2.48. The summed E-state index contributed by atoms with van der Waals surface area (Å²) >= 11 is 0. The standard InChI is InChI=1S/C17H22N2O4S/c1-16(10-6-14(7-11-16)24(20,21)22)17(8-3-2-4-9-17)23-15-18-12-5-13-19-15/h5-7,10-14H,2-4,8-9H2,1H3,(H,20,21,22). The molecule has 1 heterocycles. The van der Waals surface area contributed by atoms with Crippen LogP contribution in [0.2, 0.25) is 0 Å². The molecule has 1 aromatic rings. The second kappa shape index (κ2) is 6.29. The molecule has 1 fully saturated rings. The van der Waals surface area contributed by atoms with Crippen molar-refractivity contribution in [1.29, 1.82) is 0 Å². The van der Waals surface area contributed by atoms with Crippen LogP contribution in [0.15, 0.2) is 42.8 Å². The molecule has 2 aliphatic rings. The van der Waals surface area contributed by atoms with Gasteiger partial charge in [0, 0.05) is 17.8 Å². The van der Waals surface area contributed by atoms with Gasteiger partial charge in [0.1, 0.15) is 10.9 Å². The third kappa shape index (κ3) is 3.23. The Bertz CT molecular complexity index is 723. The molecular formula is C17H22N2O4S. The highest BCUT2D eigenvalue weighted by atomic mass is 32.2. The molecule has 3 rings (SSSR count). The molecule has 0 spiro atoms. The van der Waals surface area contributed by atoms with Gasteiger partial charge >= 0.3 is 6.01 Å². The Kier molecular flexibility index (Phi) is 4.48. The van der Waals surface area contributed by atoms with E-state index in [4.69, 9.17) is 4.74 Å². The van der Waals surface area contributed by atoms with Crippen molar-refractivity contribution in [3.05, 3.63) is 42.8 Å². The van der Waals surface area contributed by atoms with Crippen LogP contribution in [-0.4, -0.2) is 33.8 Å². The molecule has 2 aliphatic carbocycles. The van der Waals surface area contributed by atoms with Crippen molar-refractivity contribution in [3.8, 4) is 6.01 Å². The zero-order chi connectivity index (χ0) is 17.3. The minimum absolute atomic E-state index is 0.333. The van der Waals surface area contributed by atoms with Crippen LogP contribution in [-0.2, 0) is 10.1 Å². The lowest BCUT2D eigenvalue weighted by atomic mass is 9.64. The number of aromatic nitrogens is 2. The lowest BCUT2D eigenvalue weighted by molar-refractivity contribution is -0.0415. The molecule has 0 aromatic carbocycles. The first kappa shape index (κ1) is 17.1. The van der Waals surface area contributed by atoms with Crippen molar-refractivity contribution in [3.63, 3.8) is 0 Å². The molecule has 7 heteroatoms. The third-order valence-electron chi connectivity index (χ3n) is 5.08. The SMILES string of the molecule is CC1(C2(Oc3ncccn3)CCCCC2)C=CC(S(=O)(=O)O)C=C1. The maximum absolute atomic E-state index is 11.3. The van der Waals surface area contributed by atoms with E-state index in [-0.39, 0.29) is 0 Å². The van der Waals surface area contributed by atoms with Crippen LogP contribution in [0.5, 0.6) is 6.01 Å². The normalized spacial score (nSPS) is 29.3. The van der Waals surface area contributed by atoms with Crippen molar-refractivity contribution in [1.82, 2.24) is 9.97 Å². The summed E-state index contributed by atoms with van der Waals surface area (Å²) in [7, 11) is -4.12. The van der Waals surface area contributed by atoms with E-state index in [1.165, 1.54) is 12.2 Å². The number of hydrogen-bond donors (Lipinski definition) is 1. The minimum atomic E-state index is -4.12. The smallest absolute Gasteiger partial charge is 0.316 e. The van der Waals surface area contributed by atoms with Crippen molar-refractivity contribution >= 4 is 10.1 Å². The Hall–Kier alpha value is -1.73. The van der Waals surface area contributed by atoms with Crippen LogP contribution in [0.25, 0.3) is 0 Å². The molecule has 1 aromatic heterocycles. The van der Waals surface area contributed by atoms with E-state index < -0.39 is 26.4 Å². The quantitative estimate of drug-likeness (QED) is 0.663. The van der Waals surface area contributed by atoms with E-state index >= 15 is 0 Å². The van der Waals surface area contributed by atoms with E-state index in [1.807, 2.05) is 19.1 Å². The molecule has 0 amide bonds. The Balaban J connectivity index is 1.93. The first-order valence-electron chi connectivity index (χ1n) is 8.16. The number of ether oxygens (including phenoxy) is 1. The zero-order valence-corrected chi connectivity index (χ0v) is 14.4. The van der Waals surface area contributed by atoms with E-state index in [0.29, 0.717) is 6.01 Å². The lowest BCUT2D eigenvalue weighted by Crippen LogP contribution is -2.52.